The van der Waals surface area contributed by atoms with Gasteiger partial charge >= 0.3 is 53.6 Å². The lowest BCUT2D eigenvalue weighted by Gasteiger charge is -2.42. The van der Waals surface area contributed by atoms with Gasteiger partial charge in [-0.15, -0.1) is 0 Å². The van der Waals surface area contributed by atoms with E-state index < -0.39 is 53.6 Å². The van der Waals surface area contributed by atoms with Crippen LogP contribution >= 0.6 is 0 Å². The van der Waals surface area contributed by atoms with Crippen LogP contribution in [0.1, 0.15) is 13.8 Å². The van der Waals surface area contributed by atoms with E-state index in [2.05, 4.69) is 0 Å². The minimum atomic E-state index is -8.76. The molecule has 3 nitrogen and oxygen atoms in total. The molecule has 0 spiro atoms. The highest BCUT2D eigenvalue weighted by molar-refractivity contribution is 5.77. The Morgan fingerprint density at radius 1 is 0.531 bits per heavy atom. The molecule has 32 heavy (non-hydrogen) atoms. The van der Waals surface area contributed by atoms with Gasteiger partial charge in [-0.2, -0.15) is 74.6 Å². The summed E-state index contributed by atoms with van der Waals surface area (Å²) < 4.78 is 214. The summed E-state index contributed by atoms with van der Waals surface area (Å²) in [6.45, 7) is 3.44. The van der Waals surface area contributed by atoms with E-state index in [1.165, 1.54) is 0 Å². The molecule has 0 saturated carbocycles. The first-order chi connectivity index (χ1) is 13.4. The van der Waals surface area contributed by atoms with Crippen molar-refractivity contribution >= 4 is 5.97 Å². The number of carboxylic acid groups (broad SMARTS) is 1. The maximum atomic E-state index is 13.0. The number of carboxylic acids is 1. The molecule has 0 amide bonds. The average Bonchev–Trinajstić information content (AvgIpc) is 2.51. The predicted molar refractivity (Wildman–Crippen MR) is 65.7 cm³/mol. The Labute approximate surface area is 164 Å². The number of aliphatic hydroxyl groups is 1. The fourth-order valence-corrected chi connectivity index (χ4v) is 1.30. The van der Waals surface area contributed by atoms with Crippen LogP contribution in [0.2, 0.25) is 0 Å². The smallest absolute Gasteiger partial charge is 0.460 e. The summed E-state index contributed by atoms with van der Waals surface area (Å²) in [5.74, 6) is -62.9. The summed E-state index contributed by atoms with van der Waals surface area (Å²) in [5.41, 5.74) is 0. The van der Waals surface area contributed by atoms with Crippen molar-refractivity contribution in [2.75, 3.05) is 0 Å². The second-order valence-corrected chi connectivity index (χ2v) is 5.92. The van der Waals surface area contributed by atoms with Crippen LogP contribution in [0.4, 0.5) is 74.6 Å². The van der Waals surface area contributed by atoms with Crippen molar-refractivity contribution in [1.29, 1.82) is 0 Å². The number of carbonyl (C=O) groups is 1. The van der Waals surface area contributed by atoms with Crippen LogP contribution in [-0.4, -0.2) is 69.9 Å². The molecule has 0 fully saturated rings. The molecule has 0 bridgehead atoms. The lowest BCUT2D eigenvalue weighted by molar-refractivity contribution is -0.459. The molecule has 0 rings (SSSR count). The van der Waals surface area contributed by atoms with Crippen molar-refractivity contribution in [3.63, 3.8) is 0 Å². The van der Waals surface area contributed by atoms with Crippen molar-refractivity contribution in [1.82, 2.24) is 0 Å². The molecule has 0 aromatic carbocycles. The van der Waals surface area contributed by atoms with E-state index in [1.54, 1.807) is 13.8 Å². The summed E-state index contributed by atoms with van der Waals surface area (Å²) >= 11 is 0. The summed E-state index contributed by atoms with van der Waals surface area (Å²) in [4.78, 5) is 9.77. The normalized spacial score (nSPS) is 15.4. The third kappa shape index (κ3) is 4.63. The largest absolute Gasteiger partial charge is 0.477 e. The van der Waals surface area contributed by atoms with Crippen molar-refractivity contribution < 1.29 is 89.6 Å². The van der Waals surface area contributed by atoms with E-state index in [1.807, 2.05) is 0 Å². The Bertz CT molecular complexity index is 661. The second kappa shape index (κ2) is 8.54. The van der Waals surface area contributed by atoms with Gasteiger partial charge in [0, 0.05) is 6.10 Å². The zero-order valence-corrected chi connectivity index (χ0v) is 14.8. The minimum Gasteiger partial charge on any atom is -0.477 e. The van der Waals surface area contributed by atoms with E-state index in [-0.39, 0.29) is 6.10 Å². The number of rotatable bonds is 7. The topological polar surface area (TPSA) is 57.5 Å². The molecule has 0 radical (unpaired) electrons. The SMILES string of the molecule is CC(C)O.O=C(O)C(F)(F)C(F)(F)C(F)(F)C(F)(F)C(F)(F)C(F)(F)C(F)(F)C(F)(F)F. The number of hydrogen-bond acceptors (Lipinski definition) is 2. The molecule has 0 aliphatic carbocycles. The zero-order chi connectivity index (χ0) is 27.2. The van der Waals surface area contributed by atoms with Crippen molar-refractivity contribution in [2.45, 2.75) is 67.6 Å². The molecule has 0 unspecified atom stereocenters. The summed E-state index contributed by atoms with van der Waals surface area (Å²) in [7, 11) is 0. The number of halogens is 17. The molecule has 0 aromatic rings. The van der Waals surface area contributed by atoms with Gasteiger partial charge in [0.05, 0.1) is 0 Å². The van der Waals surface area contributed by atoms with Crippen molar-refractivity contribution in [2.24, 2.45) is 0 Å². The zero-order valence-electron chi connectivity index (χ0n) is 14.8. The minimum absolute atomic E-state index is 0.167. The van der Waals surface area contributed by atoms with E-state index in [4.69, 9.17) is 10.2 Å². The quantitative estimate of drug-likeness (QED) is 0.435. The van der Waals surface area contributed by atoms with Crippen LogP contribution in [0, 0.1) is 0 Å². The second-order valence-electron chi connectivity index (χ2n) is 5.92. The van der Waals surface area contributed by atoms with Crippen LogP contribution < -0.4 is 0 Å². The third-order valence-electron chi connectivity index (χ3n) is 2.99. The Morgan fingerprint density at radius 3 is 0.906 bits per heavy atom. The van der Waals surface area contributed by atoms with Crippen molar-refractivity contribution in [3.8, 4) is 0 Å². The van der Waals surface area contributed by atoms with Gasteiger partial charge in [-0.25, -0.2) is 4.79 Å². The molecule has 0 atom stereocenters. The highest BCUT2D eigenvalue weighted by Crippen LogP contribution is 2.63. The van der Waals surface area contributed by atoms with Crippen LogP contribution in [0.3, 0.4) is 0 Å². The highest BCUT2D eigenvalue weighted by atomic mass is 19.4. The van der Waals surface area contributed by atoms with Crippen LogP contribution in [0.5, 0.6) is 0 Å². The van der Waals surface area contributed by atoms with Gasteiger partial charge in [0.15, 0.2) is 0 Å². The van der Waals surface area contributed by atoms with Gasteiger partial charge in [0.2, 0.25) is 0 Å². The fourth-order valence-electron chi connectivity index (χ4n) is 1.30. The van der Waals surface area contributed by atoms with Gasteiger partial charge in [0.25, 0.3) is 0 Å². The molecule has 0 aliphatic rings. The molecule has 20 heteroatoms. The van der Waals surface area contributed by atoms with Gasteiger partial charge < -0.3 is 10.2 Å². The lowest BCUT2D eigenvalue weighted by atomic mass is 9.89. The average molecular weight is 524 g/mol. The standard InChI is InChI=1S/C9HF17O2.C3H8O/c10-2(11,1(27)28)3(12,13)4(14,15)5(16,17)6(18,19)7(20,21)8(22,23)9(24,25)26;1-3(2)4/h(H,27,28);3-4H,1-2H3. The molecule has 0 heterocycles. The predicted octanol–water partition coefficient (Wildman–Crippen LogP) is 5.47. The first kappa shape index (κ1) is 32.4. The summed E-state index contributed by atoms with van der Waals surface area (Å²) in [6.07, 6.45) is -8.00. The Hall–Kier alpha value is -1.76. The first-order valence-corrected chi connectivity index (χ1v) is 7.05. The monoisotopic (exact) mass is 524 g/mol. The van der Waals surface area contributed by atoms with E-state index in [9.17, 15) is 79.4 Å². The number of alkyl halides is 17. The van der Waals surface area contributed by atoms with Gasteiger partial charge in [-0.1, -0.05) is 0 Å². The molecule has 0 aliphatic heterocycles. The number of hydrogen-bond donors (Lipinski definition) is 2. The maximum absolute atomic E-state index is 13.0. The van der Waals surface area contributed by atoms with E-state index in [0.29, 0.717) is 0 Å². The van der Waals surface area contributed by atoms with Gasteiger partial charge in [-0.3, -0.25) is 0 Å². The lowest BCUT2D eigenvalue weighted by Crippen LogP contribution is -2.75. The van der Waals surface area contributed by atoms with E-state index in [0.717, 1.165) is 0 Å². The van der Waals surface area contributed by atoms with Crippen LogP contribution in [0.25, 0.3) is 0 Å². The summed E-state index contributed by atoms with van der Waals surface area (Å²) in [6, 6.07) is 0. The van der Waals surface area contributed by atoms with Crippen LogP contribution in [-0.2, 0) is 4.79 Å². The van der Waals surface area contributed by atoms with Crippen molar-refractivity contribution in [3.05, 3.63) is 0 Å². The van der Waals surface area contributed by atoms with E-state index >= 15 is 0 Å². The summed E-state index contributed by atoms with van der Waals surface area (Å²) in [5, 5.41) is 15.6. The molecular formula is C12H9F17O3. The Kier molecular flexibility index (Phi) is 8.66. The fraction of sp³-hybridized carbons (Fsp3) is 0.917. The first-order valence-electron chi connectivity index (χ1n) is 7.05. The molecule has 194 valence electrons. The van der Waals surface area contributed by atoms with Crippen LogP contribution in [0.15, 0.2) is 0 Å². The maximum Gasteiger partial charge on any atom is 0.460 e. The molecule has 2 N–H and O–H groups in total. The highest BCUT2D eigenvalue weighted by Gasteiger charge is 2.95. The molecular weight excluding hydrogens is 515 g/mol. The molecule has 0 saturated heterocycles. The Morgan fingerprint density at radius 2 is 0.719 bits per heavy atom. The number of aliphatic carboxylic acids is 1. The number of aliphatic hydroxyl groups excluding tert-OH is 1. The Balaban J connectivity index is 0. The molecule has 0 aromatic heterocycles. The third-order valence-corrected chi connectivity index (χ3v) is 2.99. The van der Waals surface area contributed by atoms with Gasteiger partial charge in [-0.05, 0) is 13.8 Å². The van der Waals surface area contributed by atoms with Gasteiger partial charge in [0.1, 0.15) is 0 Å².